The first-order chi connectivity index (χ1) is 13.0. The van der Waals surface area contributed by atoms with Crippen molar-refractivity contribution in [1.29, 1.82) is 0 Å². The van der Waals surface area contributed by atoms with Crippen molar-refractivity contribution in [3.63, 3.8) is 0 Å². The van der Waals surface area contributed by atoms with Gasteiger partial charge in [0.25, 0.3) is 5.91 Å². The minimum absolute atomic E-state index is 0.0142. The highest BCUT2D eigenvalue weighted by Gasteiger charge is 2.49. The van der Waals surface area contributed by atoms with Crippen LogP contribution >= 0.6 is 35.0 Å². The summed E-state index contributed by atoms with van der Waals surface area (Å²) in [5.74, 6) is 0.557. The minimum Gasteiger partial charge on any atom is -0.338 e. The number of anilines is 1. The fraction of sp³-hybridized carbons (Fsp3) is 0.300. The van der Waals surface area contributed by atoms with Crippen LogP contribution in [0.3, 0.4) is 0 Å². The standard InChI is InChI=1S/C20H18Cl2N2O2S/c21-15-4-6-17(7-5-15)24-18(25)13-27-20(24)8-10-23(11-9-20)19(26)14-2-1-3-16(22)12-14/h1-7,12H,8-11,13H2. The lowest BCUT2D eigenvalue weighted by atomic mass is 10.00. The van der Waals surface area contributed by atoms with Gasteiger partial charge in [-0.05, 0) is 55.3 Å². The average molecular weight is 421 g/mol. The van der Waals surface area contributed by atoms with Crippen LogP contribution in [0.15, 0.2) is 48.5 Å². The first-order valence-corrected chi connectivity index (χ1v) is 10.5. The summed E-state index contributed by atoms with van der Waals surface area (Å²) < 4.78 is 0. The molecule has 2 aromatic rings. The van der Waals surface area contributed by atoms with E-state index < -0.39 is 0 Å². The lowest BCUT2D eigenvalue weighted by molar-refractivity contribution is -0.116. The first kappa shape index (κ1) is 18.7. The molecule has 0 aromatic heterocycles. The highest BCUT2D eigenvalue weighted by Crippen LogP contribution is 2.47. The average Bonchev–Trinajstić information content (AvgIpc) is 2.98. The predicted molar refractivity (Wildman–Crippen MR) is 111 cm³/mol. The Morgan fingerprint density at radius 3 is 2.37 bits per heavy atom. The van der Waals surface area contributed by atoms with E-state index in [1.54, 1.807) is 48.2 Å². The molecule has 4 nitrogen and oxygen atoms in total. The zero-order valence-corrected chi connectivity index (χ0v) is 16.9. The third-order valence-corrected chi connectivity index (χ3v) is 7.12. The molecule has 2 aliphatic rings. The van der Waals surface area contributed by atoms with Crippen molar-refractivity contribution in [1.82, 2.24) is 4.90 Å². The molecule has 0 radical (unpaired) electrons. The van der Waals surface area contributed by atoms with Crippen LogP contribution in [-0.4, -0.2) is 40.4 Å². The van der Waals surface area contributed by atoms with Crippen molar-refractivity contribution in [2.24, 2.45) is 0 Å². The van der Waals surface area contributed by atoms with Crippen LogP contribution in [0.25, 0.3) is 0 Å². The zero-order chi connectivity index (χ0) is 19.0. The van der Waals surface area contributed by atoms with Crippen LogP contribution in [0, 0.1) is 0 Å². The number of amides is 2. The molecule has 2 heterocycles. The number of carbonyl (C=O) groups excluding carboxylic acids is 2. The van der Waals surface area contributed by atoms with Gasteiger partial charge in [-0.15, -0.1) is 11.8 Å². The normalized spacial score (nSPS) is 19.0. The molecule has 2 aromatic carbocycles. The Bertz CT molecular complexity index is 880. The summed E-state index contributed by atoms with van der Waals surface area (Å²) in [5.41, 5.74) is 1.46. The van der Waals surface area contributed by atoms with Gasteiger partial charge in [0, 0.05) is 34.4 Å². The van der Waals surface area contributed by atoms with Crippen LogP contribution in [0.2, 0.25) is 10.0 Å². The minimum atomic E-state index is -0.296. The number of nitrogens with zero attached hydrogens (tertiary/aromatic N) is 2. The molecule has 2 amide bonds. The molecular formula is C20H18Cl2N2O2S. The van der Waals surface area contributed by atoms with Crippen molar-refractivity contribution < 1.29 is 9.59 Å². The predicted octanol–water partition coefficient (Wildman–Crippen LogP) is 4.71. The largest absolute Gasteiger partial charge is 0.338 e. The SMILES string of the molecule is O=C(c1cccc(Cl)c1)N1CCC2(CC1)SCC(=O)N2c1ccc(Cl)cc1. The van der Waals surface area contributed by atoms with E-state index in [-0.39, 0.29) is 16.7 Å². The van der Waals surface area contributed by atoms with Crippen LogP contribution < -0.4 is 4.90 Å². The summed E-state index contributed by atoms with van der Waals surface area (Å²) in [6.07, 6.45) is 1.47. The van der Waals surface area contributed by atoms with Crippen molar-refractivity contribution in [3.05, 3.63) is 64.1 Å². The molecule has 140 valence electrons. The number of piperidine rings is 1. The molecule has 2 fully saturated rings. The Kier molecular flexibility index (Phi) is 5.10. The topological polar surface area (TPSA) is 40.6 Å². The Labute approximate surface area is 172 Å². The Hall–Kier alpha value is -1.69. The molecule has 4 rings (SSSR count). The van der Waals surface area contributed by atoms with E-state index in [9.17, 15) is 9.59 Å². The third-order valence-electron chi connectivity index (χ3n) is 5.11. The fourth-order valence-corrected chi connectivity index (χ4v) is 5.40. The van der Waals surface area contributed by atoms with Gasteiger partial charge >= 0.3 is 0 Å². The van der Waals surface area contributed by atoms with Gasteiger partial charge in [-0.25, -0.2) is 0 Å². The Morgan fingerprint density at radius 2 is 1.70 bits per heavy atom. The molecule has 2 saturated heterocycles. The molecule has 0 atom stereocenters. The second-order valence-electron chi connectivity index (χ2n) is 6.74. The maximum absolute atomic E-state index is 12.8. The summed E-state index contributed by atoms with van der Waals surface area (Å²) in [6, 6.07) is 14.4. The van der Waals surface area contributed by atoms with E-state index >= 15 is 0 Å². The van der Waals surface area contributed by atoms with Crippen molar-refractivity contribution >= 4 is 52.5 Å². The molecule has 0 bridgehead atoms. The lowest BCUT2D eigenvalue weighted by Crippen LogP contribution is -2.53. The van der Waals surface area contributed by atoms with Crippen LogP contribution in [0.4, 0.5) is 5.69 Å². The van der Waals surface area contributed by atoms with E-state index in [4.69, 9.17) is 23.2 Å². The maximum Gasteiger partial charge on any atom is 0.253 e. The van der Waals surface area contributed by atoms with Crippen LogP contribution in [-0.2, 0) is 4.79 Å². The van der Waals surface area contributed by atoms with Gasteiger partial charge in [-0.2, -0.15) is 0 Å². The van der Waals surface area contributed by atoms with Crippen molar-refractivity contribution in [3.8, 4) is 0 Å². The van der Waals surface area contributed by atoms with Gasteiger partial charge in [0.05, 0.1) is 10.6 Å². The Balaban J connectivity index is 1.52. The number of hydrogen-bond acceptors (Lipinski definition) is 3. The highest BCUT2D eigenvalue weighted by atomic mass is 35.5. The number of thioether (sulfide) groups is 1. The summed E-state index contributed by atoms with van der Waals surface area (Å²) >= 11 is 13.7. The number of hydrogen-bond donors (Lipinski definition) is 0. The molecule has 7 heteroatoms. The van der Waals surface area contributed by atoms with E-state index in [0.717, 1.165) is 18.5 Å². The highest BCUT2D eigenvalue weighted by molar-refractivity contribution is 8.02. The Morgan fingerprint density at radius 1 is 1.00 bits per heavy atom. The molecule has 2 aliphatic heterocycles. The van der Waals surface area contributed by atoms with Gasteiger partial charge in [0.2, 0.25) is 5.91 Å². The number of benzene rings is 2. The molecule has 27 heavy (non-hydrogen) atoms. The molecule has 1 spiro atoms. The van der Waals surface area contributed by atoms with E-state index in [0.29, 0.717) is 34.5 Å². The molecular weight excluding hydrogens is 403 g/mol. The van der Waals surface area contributed by atoms with Crippen molar-refractivity contribution in [2.75, 3.05) is 23.7 Å². The van der Waals surface area contributed by atoms with Gasteiger partial charge in [0.1, 0.15) is 0 Å². The number of likely N-dealkylation sites (tertiary alicyclic amines) is 1. The summed E-state index contributed by atoms with van der Waals surface area (Å²) in [4.78, 5) is 28.8. The first-order valence-electron chi connectivity index (χ1n) is 8.76. The van der Waals surface area contributed by atoms with Gasteiger partial charge in [0.15, 0.2) is 0 Å². The van der Waals surface area contributed by atoms with E-state index in [2.05, 4.69) is 0 Å². The van der Waals surface area contributed by atoms with E-state index in [1.807, 2.05) is 21.9 Å². The number of rotatable bonds is 2. The van der Waals surface area contributed by atoms with Gasteiger partial charge in [-0.3, -0.25) is 14.5 Å². The molecule has 0 saturated carbocycles. The van der Waals surface area contributed by atoms with Crippen LogP contribution in [0.5, 0.6) is 0 Å². The zero-order valence-electron chi connectivity index (χ0n) is 14.5. The molecule has 0 N–H and O–H groups in total. The van der Waals surface area contributed by atoms with Gasteiger partial charge in [-0.1, -0.05) is 29.3 Å². The summed E-state index contributed by atoms with van der Waals surface area (Å²) in [5, 5.41) is 1.20. The third kappa shape index (κ3) is 3.56. The fourth-order valence-electron chi connectivity index (χ4n) is 3.75. The maximum atomic E-state index is 12.8. The number of carbonyl (C=O) groups is 2. The quantitative estimate of drug-likeness (QED) is 0.706. The van der Waals surface area contributed by atoms with Crippen LogP contribution in [0.1, 0.15) is 23.2 Å². The monoisotopic (exact) mass is 420 g/mol. The molecule has 0 unspecified atom stereocenters. The number of halogens is 2. The van der Waals surface area contributed by atoms with E-state index in [1.165, 1.54) is 0 Å². The molecule has 0 aliphatic carbocycles. The van der Waals surface area contributed by atoms with Gasteiger partial charge < -0.3 is 4.90 Å². The summed E-state index contributed by atoms with van der Waals surface area (Å²) in [7, 11) is 0. The second-order valence-corrected chi connectivity index (χ2v) is 8.95. The second kappa shape index (κ2) is 7.38. The summed E-state index contributed by atoms with van der Waals surface area (Å²) in [6.45, 7) is 1.21. The smallest absolute Gasteiger partial charge is 0.253 e. The van der Waals surface area contributed by atoms with Crippen molar-refractivity contribution in [2.45, 2.75) is 17.7 Å². The lowest BCUT2D eigenvalue weighted by Gasteiger charge is -2.44.